The number of fused-ring (bicyclic) bond motifs is 6. The minimum atomic E-state index is -2.31. The summed E-state index contributed by atoms with van der Waals surface area (Å²) in [6.45, 7) is 10.9. The largest absolute Gasteiger partial charge is 0.496 e. The monoisotopic (exact) mass is 874 g/mol. The highest BCUT2D eigenvalue weighted by Gasteiger charge is 2.80. The summed E-state index contributed by atoms with van der Waals surface area (Å²) in [5.74, 6) is -1.42. The number of aliphatic hydroxyl groups is 1. The van der Waals surface area contributed by atoms with Crippen molar-refractivity contribution in [1.29, 1.82) is 0 Å². The zero-order chi connectivity index (χ0) is 45.5. The van der Waals surface area contributed by atoms with Crippen LogP contribution in [0.15, 0.2) is 60.2 Å². The number of nitrogens with zero attached hydrogens (tertiary/aromatic N) is 3. The molecule has 3 aromatic rings. The Labute approximate surface area is 375 Å². The van der Waals surface area contributed by atoms with Crippen molar-refractivity contribution >= 4 is 46.4 Å². The van der Waals surface area contributed by atoms with Gasteiger partial charge in [-0.2, -0.15) is 0 Å². The molecule has 1 saturated carbocycles. The number of carbonyl (C=O) groups is 4. The number of esters is 3. The lowest BCUT2D eigenvalue weighted by atomic mass is 9.47. The quantitative estimate of drug-likeness (QED) is 0.0987. The molecule has 1 aliphatic carbocycles. The standard InChI is InChI=1S/C51H62N4O9/c1-9-13-34(57)16-14-32-15-17-39-35(23-32)36-29-54-27-31(10-2)22-33(28-54)26-50(42(36)52-39,46(58)62-7)38-24-37-40(25-41(38)61-6)53(5)44-49(37)19-21-55-20-12-18-48(11-3,43(49)55)45(64-30(4)56)51(44,60)47(59)63-8/h12,14-18,22-25,33,43-45,52,60H,9-11,13,19-21,26-29H2,1-8H3/t33-,43+,44-,45-,48-,49-,50+,51+/m1/s1. The van der Waals surface area contributed by atoms with E-state index in [0.29, 0.717) is 56.6 Å². The van der Waals surface area contributed by atoms with Crippen LogP contribution in [0.25, 0.3) is 17.0 Å². The fraction of sp³-hybridized carbons (Fsp3) is 0.529. The molecule has 6 heterocycles. The van der Waals surface area contributed by atoms with E-state index in [0.717, 1.165) is 64.9 Å². The van der Waals surface area contributed by atoms with E-state index in [1.807, 2.05) is 50.1 Å². The molecule has 2 fully saturated rings. The summed E-state index contributed by atoms with van der Waals surface area (Å²) in [6, 6.07) is 8.93. The van der Waals surface area contributed by atoms with Crippen molar-refractivity contribution in [3.05, 3.63) is 88.2 Å². The van der Waals surface area contributed by atoms with Gasteiger partial charge in [0.05, 0.1) is 27.4 Å². The van der Waals surface area contributed by atoms with E-state index in [4.69, 9.17) is 18.9 Å². The summed E-state index contributed by atoms with van der Waals surface area (Å²) in [6.07, 6.45) is 12.2. The van der Waals surface area contributed by atoms with Crippen LogP contribution in [0.4, 0.5) is 5.69 Å². The van der Waals surface area contributed by atoms with Gasteiger partial charge in [0.2, 0.25) is 5.60 Å². The van der Waals surface area contributed by atoms with Gasteiger partial charge in [-0.05, 0) is 85.5 Å². The molecule has 9 rings (SSSR count). The molecule has 0 amide bonds. The van der Waals surface area contributed by atoms with Gasteiger partial charge in [-0.15, -0.1) is 0 Å². The average Bonchev–Trinajstić information content (AvgIpc) is 3.94. The Morgan fingerprint density at radius 1 is 0.984 bits per heavy atom. The van der Waals surface area contributed by atoms with Crippen LogP contribution in [0.2, 0.25) is 0 Å². The molecule has 6 aliphatic rings. The SMILES string of the molecule is CCCC(=O)C=Cc1ccc2[nH]c3c(c2c1)CN1CC(CC)=C[C@@H](C1)C[C@]3(C(=O)OC)c1cc2c(cc1OC)N(C)[C@H]1[C@@](O)(C(=O)OC)[C@H](OC(C)=O)[C@]3(CC)C=CCN4CC[C@]21[C@@H]43. The van der Waals surface area contributed by atoms with Gasteiger partial charge >= 0.3 is 17.9 Å². The first-order valence-electron chi connectivity index (χ1n) is 22.9. The highest BCUT2D eigenvalue weighted by atomic mass is 16.6. The van der Waals surface area contributed by atoms with Crippen molar-refractivity contribution in [2.45, 2.75) is 107 Å². The van der Waals surface area contributed by atoms with E-state index in [1.165, 1.54) is 26.7 Å². The van der Waals surface area contributed by atoms with Gasteiger partial charge in [-0.3, -0.25) is 24.2 Å². The molecule has 2 N–H and O–H groups in total. The first-order valence-corrected chi connectivity index (χ1v) is 22.9. The summed E-state index contributed by atoms with van der Waals surface area (Å²) < 4.78 is 24.1. The van der Waals surface area contributed by atoms with Gasteiger partial charge < -0.3 is 33.9 Å². The van der Waals surface area contributed by atoms with Gasteiger partial charge in [-0.1, -0.05) is 56.7 Å². The molecular formula is C51H62N4O9. The Balaban J connectivity index is 1.34. The molecule has 2 bridgehead atoms. The van der Waals surface area contributed by atoms with Crippen LogP contribution in [0.5, 0.6) is 5.75 Å². The van der Waals surface area contributed by atoms with Crippen LogP contribution in [-0.2, 0) is 50.8 Å². The fourth-order valence-electron chi connectivity index (χ4n) is 13.5. The second-order valence-electron chi connectivity index (χ2n) is 19.0. The lowest BCUT2D eigenvalue weighted by molar-refractivity contribution is -0.228. The molecule has 1 unspecified atom stereocenters. The first kappa shape index (κ1) is 44.0. The number of nitrogens with one attached hydrogen (secondary N) is 1. The van der Waals surface area contributed by atoms with Gasteiger partial charge in [0.15, 0.2) is 11.9 Å². The molecule has 340 valence electrons. The van der Waals surface area contributed by atoms with Crippen LogP contribution in [0.1, 0.15) is 94.2 Å². The average molecular weight is 875 g/mol. The van der Waals surface area contributed by atoms with Crippen LogP contribution in [-0.4, -0.2) is 122 Å². The number of hydrogen-bond donors (Lipinski definition) is 2. The first-order chi connectivity index (χ1) is 30.7. The third kappa shape index (κ3) is 6.05. The number of hydrogen-bond acceptors (Lipinski definition) is 12. The number of H-pyrrole nitrogens is 1. The normalized spacial score (nSPS) is 32.5. The zero-order valence-corrected chi connectivity index (χ0v) is 38.4. The molecular weight excluding hydrogens is 813 g/mol. The Morgan fingerprint density at radius 2 is 1.77 bits per heavy atom. The summed E-state index contributed by atoms with van der Waals surface area (Å²) in [7, 11) is 6.17. The predicted octanol–water partition coefficient (Wildman–Crippen LogP) is 6.14. The Bertz CT molecular complexity index is 2520. The third-order valence-corrected chi connectivity index (χ3v) is 15.8. The molecule has 0 radical (unpaired) electrons. The molecule has 1 spiro atoms. The number of benzene rings is 2. The highest BCUT2D eigenvalue weighted by Crippen LogP contribution is 2.68. The number of likely N-dealkylation sites (N-methyl/N-ethyl adjacent to an activating group) is 1. The number of aromatic amines is 1. The third-order valence-electron chi connectivity index (χ3n) is 15.8. The number of allylic oxidation sites excluding steroid dienone is 1. The zero-order valence-electron chi connectivity index (χ0n) is 38.4. The van der Waals surface area contributed by atoms with E-state index < -0.39 is 51.9 Å². The number of ether oxygens (including phenoxy) is 4. The van der Waals surface area contributed by atoms with Gasteiger partial charge in [0.1, 0.15) is 11.2 Å². The Morgan fingerprint density at radius 3 is 2.45 bits per heavy atom. The fourth-order valence-corrected chi connectivity index (χ4v) is 13.5. The maximum absolute atomic E-state index is 15.4. The molecule has 2 aromatic carbocycles. The van der Waals surface area contributed by atoms with Crippen LogP contribution < -0.4 is 9.64 Å². The van der Waals surface area contributed by atoms with Gasteiger partial charge in [0, 0.05) is 97.4 Å². The lowest BCUT2D eigenvalue weighted by Gasteiger charge is -2.63. The van der Waals surface area contributed by atoms with Crippen molar-refractivity contribution in [3.8, 4) is 5.75 Å². The van der Waals surface area contributed by atoms with Gasteiger partial charge in [0.25, 0.3) is 0 Å². The Kier molecular flexibility index (Phi) is 11.0. The second-order valence-corrected chi connectivity index (χ2v) is 19.0. The Hall–Kier alpha value is -5.24. The van der Waals surface area contributed by atoms with E-state index in [9.17, 15) is 19.5 Å². The van der Waals surface area contributed by atoms with Crippen LogP contribution >= 0.6 is 0 Å². The van der Waals surface area contributed by atoms with E-state index in [2.05, 4.69) is 52.1 Å². The summed E-state index contributed by atoms with van der Waals surface area (Å²) >= 11 is 0. The summed E-state index contributed by atoms with van der Waals surface area (Å²) in [5, 5.41) is 14.3. The van der Waals surface area contributed by atoms with Crippen molar-refractivity contribution in [1.82, 2.24) is 14.8 Å². The predicted molar refractivity (Wildman–Crippen MR) is 243 cm³/mol. The molecule has 1 saturated heterocycles. The minimum absolute atomic E-state index is 0.0289. The minimum Gasteiger partial charge on any atom is -0.496 e. The van der Waals surface area contributed by atoms with E-state index >= 15 is 4.79 Å². The number of carbonyl (C=O) groups excluding carboxylic acids is 4. The molecule has 64 heavy (non-hydrogen) atoms. The van der Waals surface area contributed by atoms with E-state index in [-0.39, 0.29) is 17.7 Å². The summed E-state index contributed by atoms with van der Waals surface area (Å²) in [4.78, 5) is 66.1. The second kappa shape index (κ2) is 16.0. The van der Waals surface area contributed by atoms with Crippen LogP contribution in [0, 0.1) is 11.3 Å². The summed E-state index contributed by atoms with van der Waals surface area (Å²) in [5.41, 5.74) is 1.34. The number of rotatable bonds is 11. The molecule has 5 aliphatic heterocycles. The molecule has 9 atom stereocenters. The van der Waals surface area contributed by atoms with Gasteiger partial charge in [-0.25, -0.2) is 4.79 Å². The highest BCUT2D eigenvalue weighted by molar-refractivity contribution is 5.97. The number of aromatic nitrogens is 1. The van der Waals surface area contributed by atoms with Crippen molar-refractivity contribution in [3.63, 3.8) is 0 Å². The number of ketones is 1. The van der Waals surface area contributed by atoms with Crippen molar-refractivity contribution in [2.24, 2.45) is 11.3 Å². The maximum atomic E-state index is 15.4. The van der Waals surface area contributed by atoms with E-state index in [1.54, 1.807) is 13.2 Å². The molecule has 13 heteroatoms. The lowest BCUT2D eigenvalue weighted by Crippen LogP contribution is -2.81. The van der Waals surface area contributed by atoms with Crippen molar-refractivity contribution < 1.29 is 43.2 Å². The van der Waals surface area contributed by atoms with Crippen LogP contribution in [0.3, 0.4) is 0 Å². The molecule has 13 nitrogen and oxygen atoms in total. The maximum Gasteiger partial charge on any atom is 0.344 e. The topological polar surface area (TPSA) is 151 Å². The number of anilines is 1. The number of methoxy groups -OCH3 is 3. The smallest absolute Gasteiger partial charge is 0.344 e. The van der Waals surface area contributed by atoms with Crippen molar-refractivity contribution in [2.75, 3.05) is 59.5 Å². The molecule has 1 aromatic heterocycles.